The molecule has 0 radical (unpaired) electrons. The van der Waals surface area contributed by atoms with E-state index >= 15 is 0 Å². The fourth-order valence-electron chi connectivity index (χ4n) is 7.22. The number of benzene rings is 2. The topological polar surface area (TPSA) is 63.3 Å². The Morgan fingerprint density at radius 1 is 0.610 bits per heavy atom. The third-order valence-electron chi connectivity index (χ3n) is 8.93. The Labute approximate surface area is 242 Å². The van der Waals surface area contributed by atoms with Crippen LogP contribution in [0.3, 0.4) is 0 Å². The van der Waals surface area contributed by atoms with Gasteiger partial charge < -0.3 is 14.5 Å². The van der Waals surface area contributed by atoms with Gasteiger partial charge in [-0.05, 0) is 133 Å². The maximum Gasteiger partial charge on any atom is 0.137 e. The van der Waals surface area contributed by atoms with Gasteiger partial charge in [0.05, 0.1) is 0 Å². The first-order chi connectivity index (χ1) is 20.2. The number of anilines is 2. The summed E-state index contributed by atoms with van der Waals surface area (Å²) in [5.41, 5.74) is 11.7. The molecule has 0 spiro atoms. The molecule has 5 aliphatic rings. The molecule has 0 fully saturated rings. The molecule has 2 aromatic rings. The Balaban J connectivity index is 1.17. The van der Waals surface area contributed by atoms with E-state index in [1.807, 2.05) is 24.3 Å². The van der Waals surface area contributed by atoms with Crippen LogP contribution in [0.1, 0.15) is 59.1 Å². The van der Waals surface area contributed by atoms with E-state index < -0.39 is 0 Å². The molecule has 5 heterocycles. The number of aryl methyl sites for hydroxylation is 4. The predicted octanol–water partition coefficient (Wildman–Crippen LogP) is 6.95. The molecule has 7 rings (SSSR count). The van der Waals surface area contributed by atoms with Crippen molar-refractivity contribution in [3.8, 4) is 12.1 Å². The number of hydrogen-bond donors (Lipinski definition) is 0. The second-order valence-electron chi connectivity index (χ2n) is 11.7. The maximum atomic E-state index is 9.59. The predicted molar refractivity (Wildman–Crippen MR) is 164 cm³/mol. The molecule has 0 N–H and O–H groups in total. The Hall–Kier alpha value is -4.48. The van der Waals surface area contributed by atoms with Gasteiger partial charge in [0, 0.05) is 43.1 Å². The van der Waals surface area contributed by atoms with Crippen LogP contribution in [0.15, 0.2) is 71.2 Å². The normalized spacial score (nSPS) is 19.1. The molecule has 0 saturated heterocycles. The molecule has 5 heteroatoms. The highest BCUT2D eigenvalue weighted by Gasteiger charge is 2.25. The van der Waals surface area contributed by atoms with Crippen LogP contribution in [0.25, 0.3) is 12.2 Å². The van der Waals surface area contributed by atoms with Gasteiger partial charge in [0.1, 0.15) is 29.2 Å². The quantitative estimate of drug-likeness (QED) is 0.394. The molecule has 0 aliphatic carbocycles. The average Bonchev–Trinajstić information content (AvgIpc) is 3.00. The van der Waals surface area contributed by atoms with Crippen molar-refractivity contribution in [1.29, 1.82) is 10.5 Å². The van der Waals surface area contributed by atoms with Crippen LogP contribution in [0.4, 0.5) is 11.4 Å². The van der Waals surface area contributed by atoms with E-state index in [2.05, 4.69) is 46.2 Å². The number of nitriles is 2. The minimum absolute atomic E-state index is 0.0849. The molecule has 2 aromatic carbocycles. The number of nitrogens with zero attached hydrogens (tertiary/aromatic N) is 4. The summed E-state index contributed by atoms with van der Waals surface area (Å²) in [5.74, 6) is 1.24. The minimum atomic E-state index is 0.0849. The molecule has 0 bridgehead atoms. The lowest BCUT2D eigenvalue weighted by Crippen LogP contribution is -2.34. The second kappa shape index (κ2) is 10.8. The first kappa shape index (κ1) is 25.5. The zero-order valence-corrected chi connectivity index (χ0v) is 23.5. The summed E-state index contributed by atoms with van der Waals surface area (Å²) in [5, 5.41) is 19.2. The van der Waals surface area contributed by atoms with E-state index in [0.717, 1.165) is 25.7 Å². The van der Waals surface area contributed by atoms with E-state index in [-0.39, 0.29) is 5.57 Å². The van der Waals surface area contributed by atoms with E-state index in [1.54, 1.807) is 12.2 Å². The van der Waals surface area contributed by atoms with Gasteiger partial charge in [-0.15, -0.1) is 0 Å². The molecule has 0 unspecified atom stereocenters. The number of rotatable bonds is 4. The largest absolute Gasteiger partial charge is 0.457 e. The number of allylic oxidation sites excluding steroid dienone is 6. The molecule has 5 aliphatic heterocycles. The van der Waals surface area contributed by atoms with Crippen LogP contribution in [0.5, 0.6) is 0 Å². The van der Waals surface area contributed by atoms with Gasteiger partial charge >= 0.3 is 0 Å². The zero-order chi connectivity index (χ0) is 27.8. The van der Waals surface area contributed by atoms with E-state index in [9.17, 15) is 10.5 Å². The Morgan fingerprint density at radius 2 is 1.00 bits per heavy atom. The monoisotopic (exact) mass is 538 g/mol. The van der Waals surface area contributed by atoms with Crippen molar-refractivity contribution in [2.45, 2.75) is 51.4 Å². The fraction of sp³-hybridized carbons (Fsp3) is 0.333. The molecule has 0 saturated carbocycles. The standard InChI is InChI=1S/C36H34N4O/c37-23-32(24-38)31-21-33(11-9-25-17-27-5-1-13-39-14-2-6-28(18-25)35(27)39)41-34(22-31)12-10-26-19-29-7-3-15-40-16-4-8-30(20-26)36(29)40/h9-12,17-22H,1-8,13-16H2/b11-9+,12-10+. The lowest BCUT2D eigenvalue weighted by Gasteiger charge is -2.37. The van der Waals surface area contributed by atoms with Gasteiger partial charge in [0.2, 0.25) is 0 Å². The van der Waals surface area contributed by atoms with Gasteiger partial charge in [0.15, 0.2) is 0 Å². The van der Waals surface area contributed by atoms with Gasteiger partial charge in [-0.3, -0.25) is 0 Å². The van der Waals surface area contributed by atoms with Crippen LogP contribution in [0, 0.1) is 22.7 Å². The number of ether oxygens (including phenoxy) is 1. The SMILES string of the molecule is N#CC(C#N)=C1C=C(/C=C/c2cc3c4c(c2)CCCN4CCC3)OC(/C=C/c2cc3c4c(c2)CCCN4CCC3)=C1. The first-order valence-corrected chi connectivity index (χ1v) is 15.0. The Morgan fingerprint density at radius 3 is 1.37 bits per heavy atom. The van der Waals surface area contributed by atoms with Gasteiger partial charge in [0.25, 0.3) is 0 Å². The smallest absolute Gasteiger partial charge is 0.137 e. The van der Waals surface area contributed by atoms with Crippen molar-refractivity contribution in [2.24, 2.45) is 0 Å². The molecule has 0 aromatic heterocycles. The van der Waals surface area contributed by atoms with Crippen LogP contribution >= 0.6 is 0 Å². The second-order valence-corrected chi connectivity index (χ2v) is 11.7. The van der Waals surface area contributed by atoms with Gasteiger partial charge in [-0.25, -0.2) is 0 Å². The summed E-state index contributed by atoms with van der Waals surface area (Å²) in [6.07, 6.45) is 21.0. The molecule has 204 valence electrons. The summed E-state index contributed by atoms with van der Waals surface area (Å²) in [4.78, 5) is 5.11. The molecule has 0 amide bonds. The summed E-state index contributed by atoms with van der Waals surface area (Å²) in [6, 6.07) is 13.3. The van der Waals surface area contributed by atoms with Crippen molar-refractivity contribution < 1.29 is 4.74 Å². The van der Waals surface area contributed by atoms with Gasteiger partial charge in [-0.1, -0.05) is 12.2 Å². The van der Waals surface area contributed by atoms with Crippen LogP contribution in [-0.2, 0) is 30.4 Å². The van der Waals surface area contributed by atoms with Crippen molar-refractivity contribution in [2.75, 3.05) is 36.0 Å². The van der Waals surface area contributed by atoms with Gasteiger partial charge in [-0.2, -0.15) is 10.5 Å². The number of hydrogen-bond acceptors (Lipinski definition) is 5. The summed E-state index contributed by atoms with van der Waals surface area (Å²) in [7, 11) is 0. The van der Waals surface area contributed by atoms with Crippen molar-refractivity contribution in [3.05, 3.63) is 105 Å². The molecule has 5 nitrogen and oxygen atoms in total. The van der Waals surface area contributed by atoms with Crippen molar-refractivity contribution >= 4 is 23.5 Å². The molecular formula is C36H34N4O. The minimum Gasteiger partial charge on any atom is -0.457 e. The van der Waals surface area contributed by atoms with Crippen molar-refractivity contribution in [3.63, 3.8) is 0 Å². The highest BCUT2D eigenvalue weighted by atomic mass is 16.5. The summed E-state index contributed by atoms with van der Waals surface area (Å²) >= 11 is 0. The summed E-state index contributed by atoms with van der Waals surface area (Å²) in [6.45, 7) is 4.66. The Kier molecular flexibility index (Phi) is 6.73. The van der Waals surface area contributed by atoms with Crippen LogP contribution in [-0.4, -0.2) is 26.2 Å². The molecule has 41 heavy (non-hydrogen) atoms. The third kappa shape index (κ3) is 4.98. The summed E-state index contributed by atoms with van der Waals surface area (Å²) < 4.78 is 6.27. The van der Waals surface area contributed by atoms with Crippen molar-refractivity contribution in [1.82, 2.24) is 0 Å². The average molecular weight is 539 g/mol. The fourth-order valence-corrected chi connectivity index (χ4v) is 7.22. The highest BCUT2D eigenvalue weighted by Crippen LogP contribution is 2.38. The Bertz CT molecular complexity index is 1470. The highest BCUT2D eigenvalue weighted by molar-refractivity contribution is 5.70. The van der Waals surface area contributed by atoms with Crippen LogP contribution < -0.4 is 9.80 Å². The molecule has 0 atom stereocenters. The van der Waals surface area contributed by atoms with E-state index in [0.29, 0.717) is 17.1 Å². The van der Waals surface area contributed by atoms with E-state index in [4.69, 9.17) is 4.74 Å². The van der Waals surface area contributed by atoms with Crippen LogP contribution in [0.2, 0.25) is 0 Å². The third-order valence-corrected chi connectivity index (χ3v) is 8.93. The first-order valence-electron chi connectivity index (χ1n) is 15.0. The lowest BCUT2D eigenvalue weighted by molar-refractivity contribution is 0.332. The maximum absolute atomic E-state index is 9.59. The molecular weight excluding hydrogens is 504 g/mol. The lowest BCUT2D eigenvalue weighted by atomic mass is 9.90. The zero-order valence-electron chi connectivity index (χ0n) is 23.5. The van der Waals surface area contributed by atoms with E-state index in [1.165, 1.54) is 96.6 Å².